The summed E-state index contributed by atoms with van der Waals surface area (Å²) in [6.45, 7) is 3.85. The highest BCUT2D eigenvalue weighted by atomic mass is 32.2. The lowest BCUT2D eigenvalue weighted by Crippen LogP contribution is -2.33. The van der Waals surface area contributed by atoms with Gasteiger partial charge in [0.25, 0.3) is 16.7 Å². The quantitative estimate of drug-likeness (QED) is 0.593. The number of imide groups is 1. The van der Waals surface area contributed by atoms with Crippen LogP contribution >= 0.6 is 11.8 Å². The fraction of sp³-hybridized carbons (Fsp3) is 0.174. The number of amides is 2. The number of carbonyl (C=O) groups excluding carboxylic acids is 2. The Hall–Kier alpha value is -3.72. The molecule has 2 aromatic carbocycles. The normalized spacial score (nSPS) is 15.1. The molecule has 8 nitrogen and oxygen atoms in total. The Bertz CT molecular complexity index is 1310. The molecule has 9 heteroatoms. The van der Waals surface area contributed by atoms with Crippen molar-refractivity contribution in [2.24, 2.45) is 7.05 Å². The summed E-state index contributed by atoms with van der Waals surface area (Å²) in [5.74, 6) is -0.305. The van der Waals surface area contributed by atoms with Gasteiger partial charge in [-0.3, -0.25) is 19.1 Å². The lowest BCUT2D eigenvalue weighted by molar-refractivity contribution is -0.113. The molecule has 0 saturated carbocycles. The number of hydrogen-bond donors (Lipinski definition) is 1. The van der Waals surface area contributed by atoms with Crippen LogP contribution in [0.2, 0.25) is 0 Å². The number of aromatic hydroxyl groups is 1. The van der Waals surface area contributed by atoms with Crippen molar-refractivity contribution in [1.29, 1.82) is 0 Å². The van der Waals surface area contributed by atoms with Gasteiger partial charge < -0.3 is 9.84 Å². The molecule has 2 heterocycles. The zero-order valence-corrected chi connectivity index (χ0v) is 18.5. The Balaban J connectivity index is 1.74. The molecule has 1 saturated heterocycles. The maximum Gasteiger partial charge on any atom is 0.298 e. The molecule has 0 aliphatic carbocycles. The SMILES string of the molecule is CCOc1cc(/C=C2/SC(=O)N(c3c(C)n(C)n(-c4ccccc4)c3=O)C2=O)ccc1O. The van der Waals surface area contributed by atoms with Crippen molar-refractivity contribution in [2.75, 3.05) is 11.5 Å². The Morgan fingerprint density at radius 2 is 1.81 bits per heavy atom. The van der Waals surface area contributed by atoms with E-state index in [-0.39, 0.29) is 22.1 Å². The Labute approximate surface area is 188 Å². The molecule has 0 radical (unpaired) electrons. The van der Waals surface area contributed by atoms with Crippen molar-refractivity contribution in [2.45, 2.75) is 13.8 Å². The van der Waals surface area contributed by atoms with E-state index >= 15 is 0 Å². The number of ether oxygens (including phenoxy) is 1. The van der Waals surface area contributed by atoms with Crippen molar-refractivity contribution in [1.82, 2.24) is 9.36 Å². The van der Waals surface area contributed by atoms with Crippen LogP contribution in [0.15, 0.2) is 58.2 Å². The number of hydrogen-bond acceptors (Lipinski definition) is 6. The summed E-state index contributed by atoms with van der Waals surface area (Å²) in [4.78, 5) is 40.3. The average molecular weight is 452 g/mol. The summed E-state index contributed by atoms with van der Waals surface area (Å²) >= 11 is 0.761. The minimum Gasteiger partial charge on any atom is -0.504 e. The van der Waals surface area contributed by atoms with Crippen molar-refractivity contribution in [3.05, 3.63) is 75.0 Å². The van der Waals surface area contributed by atoms with Crippen LogP contribution in [0.4, 0.5) is 10.5 Å². The number of carbonyl (C=O) groups is 2. The number of aromatic nitrogens is 2. The Morgan fingerprint density at radius 1 is 1.09 bits per heavy atom. The van der Waals surface area contributed by atoms with Gasteiger partial charge in [0.15, 0.2) is 11.5 Å². The highest BCUT2D eigenvalue weighted by Crippen LogP contribution is 2.37. The standard InChI is InChI=1S/C23H21N3O5S/c1-4-31-18-12-15(10-11-17(18)27)13-19-21(28)25(23(30)32-19)20-14(2)24(3)26(22(20)29)16-8-6-5-7-9-16/h5-13,27H,4H2,1-3H3/b19-13+. The number of phenols is 1. The predicted molar refractivity (Wildman–Crippen MR) is 123 cm³/mol. The van der Waals surface area contributed by atoms with Gasteiger partial charge in [-0.2, -0.15) is 0 Å². The Morgan fingerprint density at radius 3 is 2.50 bits per heavy atom. The monoisotopic (exact) mass is 451 g/mol. The van der Waals surface area contributed by atoms with Crippen molar-refractivity contribution >= 4 is 34.7 Å². The van der Waals surface area contributed by atoms with E-state index in [1.165, 1.54) is 10.7 Å². The maximum absolute atomic E-state index is 13.2. The van der Waals surface area contributed by atoms with Crippen LogP contribution in [0.3, 0.4) is 0 Å². The molecule has 4 rings (SSSR count). The lowest BCUT2D eigenvalue weighted by Gasteiger charge is -2.10. The minimum atomic E-state index is -0.572. The molecule has 0 atom stereocenters. The Kier molecular flexibility index (Phi) is 5.67. The number of rotatable bonds is 5. The molecule has 1 N–H and O–H groups in total. The van der Waals surface area contributed by atoms with Gasteiger partial charge in [-0.15, -0.1) is 0 Å². The summed E-state index contributed by atoms with van der Waals surface area (Å²) in [5, 5.41) is 9.33. The number of anilines is 1. The molecule has 1 aromatic heterocycles. The van der Waals surface area contributed by atoms with Crippen LogP contribution < -0.4 is 15.2 Å². The second-order valence-corrected chi connectivity index (χ2v) is 8.08. The summed E-state index contributed by atoms with van der Waals surface area (Å²) in [6, 6.07) is 13.7. The molecule has 1 aliphatic rings. The molecular weight excluding hydrogens is 430 g/mol. The second-order valence-electron chi connectivity index (χ2n) is 7.09. The number of benzene rings is 2. The molecule has 2 amide bonds. The molecule has 32 heavy (non-hydrogen) atoms. The van der Waals surface area contributed by atoms with E-state index in [2.05, 4.69) is 0 Å². The van der Waals surface area contributed by atoms with Crippen molar-refractivity contribution < 1.29 is 19.4 Å². The third-order valence-electron chi connectivity index (χ3n) is 5.12. The van der Waals surface area contributed by atoms with Gasteiger partial charge in [-0.25, -0.2) is 9.58 Å². The summed E-state index contributed by atoms with van der Waals surface area (Å²) < 4.78 is 8.42. The van der Waals surface area contributed by atoms with Gasteiger partial charge in [-0.05, 0) is 61.5 Å². The zero-order chi connectivity index (χ0) is 23.0. The van der Waals surface area contributed by atoms with Gasteiger partial charge in [0.1, 0.15) is 5.69 Å². The van der Waals surface area contributed by atoms with E-state index in [0.29, 0.717) is 23.6 Å². The highest BCUT2D eigenvalue weighted by Gasteiger charge is 2.40. The van der Waals surface area contributed by atoms with E-state index in [1.807, 2.05) is 6.07 Å². The maximum atomic E-state index is 13.2. The molecule has 0 unspecified atom stereocenters. The number of phenolic OH excluding ortho intramolecular Hbond substituents is 1. The van der Waals surface area contributed by atoms with Crippen molar-refractivity contribution in [3.63, 3.8) is 0 Å². The number of nitrogens with zero attached hydrogens (tertiary/aromatic N) is 3. The number of para-hydroxylation sites is 1. The van der Waals surface area contributed by atoms with Gasteiger partial charge in [-0.1, -0.05) is 24.3 Å². The van der Waals surface area contributed by atoms with E-state index < -0.39 is 16.7 Å². The molecule has 1 aliphatic heterocycles. The third-order valence-corrected chi connectivity index (χ3v) is 5.99. The average Bonchev–Trinajstić information content (AvgIpc) is 3.16. The van der Waals surface area contributed by atoms with E-state index in [0.717, 1.165) is 16.7 Å². The van der Waals surface area contributed by atoms with Crippen LogP contribution in [0.5, 0.6) is 11.5 Å². The van der Waals surface area contributed by atoms with Crippen molar-refractivity contribution in [3.8, 4) is 17.2 Å². The summed E-state index contributed by atoms with van der Waals surface area (Å²) in [7, 11) is 1.70. The van der Waals surface area contributed by atoms with Crippen LogP contribution in [0.25, 0.3) is 11.8 Å². The molecule has 0 bridgehead atoms. The van der Waals surface area contributed by atoms with Crippen LogP contribution in [-0.4, -0.2) is 32.2 Å². The molecule has 1 fully saturated rings. The molecule has 0 spiro atoms. The van der Waals surface area contributed by atoms with Gasteiger partial charge in [0.05, 0.1) is 22.9 Å². The summed E-state index contributed by atoms with van der Waals surface area (Å²) in [5.41, 5.74) is 1.28. The zero-order valence-electron chi connectivity index (χ0n) is 17.7. The lowest BCUT2D eigenvalue weighted by atomic mass is 10.2. The minimum absolute atomic E-state index is 0.0153. The first-order valence-electron chi connectivity index (χ1n) is 9.91. The number of thioether (sulfide) groups is 1. The first-order chi connectivity index (χ1) is 15.3. The predicted octanol–water partition coefficient (Wildman–Crippen LogP) is 3.83. The molecular formula is C23H21N3O5S. The van der Waals surface area contributed by atoms with E-state index in [9.17, 15) is 19.5 Å². The summed E-state index contributed by atoms with van der Waals surface area (Å²) in [6.07, 6.45) is 1.54. The largest absolute Gasteiger partial charge is 0.504 e. The van der Waals surface area contributed by atoms with Crippen LogP contribution in [-0.2, 0) is 11.8 Å². The smallest absolute Gasteiger partial charge is 0.298 e. The second kappa shape index (κ2) is 8.43. The molecule has 164 valence electrons. The van der Waals surface area contributed by atoms with E-state index in [4.69, 9.17) is 4.74 Å². The first-order valence-corrected chi connectivity index (χ1v) is 10.7. The first kappa shape index (κ1) is 21.5. The molecule has 3 aromatic rings. The highest BCUT2D eigenvalue weighted by molar-refractivity contribution is 8.19. The fourth-order valence-corrected chi connectivity index (χ4v) is 4.34. The van der Waals surface area contributed by atoms with Gasteiger partial charge in [0.2, 0.25) is 0 Å². The third kappa shape index (κ3) is 3.60. The van der Waals surface area contributed by atoms with Crippen LogP contribution in [0, 0.1) is 6.92 Å². The topological polar surface area (TPSA) is 93.8 Å². The fourth-order valence-electron chi connectivity index (χ4n) is 3.52. The van der Waals surface area contributed by atoms with Crippen LogP contribution in [0.1, 0.15) is 18.2 Å². The van der Waals surface area contributed by atoms with Gasteiger partial charge >= 0.3 is 0 Å². The van der Waals surface area contributed by atoms with E-state index in [1.54, 1.807) is 68.1 Å². The van der Waals surface area contributed by atoms with Gasteiger partial charge in [0, 0.05) is 7.05 Å².